The molecule has 0 fully saturated rings. The Bertz CT molecular complexity index is 303. The maximum absolute atomic E-state index is 10.0. The molecule has 3 N–H and O–H groups in total. The summed E-state index contributed by atoms with van der Waals surface area (Å²) in [7, 11) is 0. The van der Waals surface area contributed by atoms with E-state index in [1.165, 1.54) is 12.4 Å². The largest absolute Gasteiger partial charge is 0.474 e. The number of hydrogen-bond acceptors (Lipinski definition) is 6. The molecule has 1 heterocycles. The first kappa shape index (κ1) is 11.3. The van der Waals surface area contributed by atoms with Gasteiger partial charge >= 0.3 is 0 Å². The second-order valence-corrected chi connectivity index (χ2v) is 2.65. The molecular formula is C8H11N3O4. The lowest BCUT2D eigenvalue weighted by Crippen LogP contribution is -2.21. The first-order valence-corrected chi connectivity index (χ1v) is 4.20. The second kappa shape index (κ2) is 5.89. The molecule has 0 aliphatic carbocycles. The number of ether oxygens (including phenoxy) is 1. The van der Waals surface area contributed by atoms with Gasteiger partial charge in [0.2, 0.25) is 12.3 Å². The molecular weight excluding hydrogens is 202 g/mol. The van der Waals surface area contributed by atoms with Gasteiger partial charge in [-0.1, -0.05) is 0 Å². The fourth-order valence-electron chi connectivity index (χ4n) is 0.760. The van der Waals surface area contributed by atoms with Gasteiger partial charge in [0, 0.05) is 0 Å². The van der Waals surface area contributed by atoms with Gasteiger partial charge in [-0.2, -0.15) is 0 Å². The molecule has 0 aromatic carbocycles. The van der Waals surface area contributed by atoms with Gasteiger partial charge in [0.15, 0.2) is 5.82 Å². The number of nitrogens with one attached hydrogen (secondary N) is 1. The molecule has 7 heteroatoms. The quantitative estimate of drug-likeness (QED) is 0.511. The third-order valence-electron chi connectivity index (χ3n) is 1.47. The molecule has 1 amide bonds. The van der Waals surface area contributed by atoms with E-state index in [1.54, 1.807) is 0 Å². The number of nitrogens with zero attached hydrogens (tertiary/aromatic N) is 2. The summed E-state index contributed by atoms with van der Waals surface area (Å²) in [6, 6.07) is 0. The highest BCUT2D eigenvalue weighted by atomic mass is 16.5. The average Bonchev–Trinajstić information content (AvgIpc) is 2.28. The lowest BCUT2D eigenvalue weighted by atomic mass is 10.4. The van der Waals surface area contributed by atoms with Crippen LogP contribution in [0.1, 0.15) is 0 Å². The Kier molecular flexibility index (Phi) is 4.45. The highest BCUT2D eigenvalue weighted by Gasteiger charge is 2.03. The predicted molar refractivity (Wildman–Crippen MR) is 50.3 cm³/mol. The van der Waals surface area contributed by atoms with E-state index >= 15 is 0 Å². The van der Waals surface area contributed by atoms with E-state index in [0.29, 0.717) is 12.2 Å². The summed E-state index contributed by atoms with van der Waals surface area (Å²) >= 11 is 0. The van der Waals surface area contributed by atoms with Crippen LogP contribution in [0.25, 0.3) is 0 Å². The van der Waals surface area contributed by atoms with Crippen LogP contribution in [0.4, 0.5) is 5.82 Å². The molecule has 1 aromatic rings. The van der Waals surface area contributed by atoms with Gasteiger partial charge < -0.3 is 20.3 Å². The zero-order chi connectivity index (χ0) is 11.1. The second-order valence-electron chi connectivity index (χ2n) is 2.65. The van der Waals surface area contributed by atoms with Gasteiger partial charge in [-0.15, -0.1) is 0 Å². The van der Waals surface area contributed by atoms with Crippen LogP contribution >= 0.6 is 0 Å². The normalized spacial score (nSPS) is 11.9. The summed E-state index contributed by atoms with van der Waals surface area (Å²) in [5, 5.41) is 19.8. The van der Waals surface area contributed by atoms with Crippen LogP contribution in [0.5, 0.6) is 5.88 Å². The van der Waals surface area contributed by atoms with Gasteiger partial charge in [-0.05, 0) is 0 Å². The predicted octanol–water partition coefficient (Wildman–Crippen LogP) is -1.22. The summed E-state index contributed by atoms with van der Waals surface area (Å²) in [6.07, 6.45) is 2.16. The molecule has 0 saturated carbocycles. The van der Waals surface area contributed by atoms with E-state index in [2.05, 4.69) is 15.3 Å². The van der Waals surface area contributed by atoms with Crippen LogP contribution in [0, 0.1) is 0 Å². The van der Waals surface area contributed by atoms with E-state index in [-0.39, 0.29) is 19.1 Å². The first-order valence-electron chi connectivity index (χ1n) is 4.20. The Balaban J connectivity index is 2.45. The molecule has 0 radical (unpaired) electrons. The van der Waals surface area contributed by atoms with Crippen LogP contribution in [-0.4, -0.2) is 45.9 Å². The SMILES string of the molecule is O=CNc1cnc(OCC(O)CO)cn1. The fourth-order valence-corrected chi connectivity index (χ4v) is 0.760. The topological polar surface area (TPSA) is 105 Å². The van der Waals surface area contributed by atoms with E-state index in [0.717, 1.165) is 0 Å². The number of amides is 1. The van der Waals surface area contributed by atoms with E-state index in [9.17, 15) is 4.79 Å². The number of carbonyl (C=O) groups is 1. The van der Waals surface area contributed by atoms with E-state index < -0.39 is 6.10 Å². The number of rotatable bonds is 6. The Labute approximate surface area is 85.7 Å². The molecule has 1 aromatic heterocycles. The molecule has 0 aliphatic rings. The van der Waals surface area contributed by atoms with Crippen molar-refractivity contribution in [3.05, 3.63) is 12.4 Å². The minimum absolute atomic E-state index is 0.0639. The summed E-state index contributed by atoms with van der Waals surface area (Å²) in [4.78, 5) is 17.6. The van der Waals surface area contributed by atoms with E-state index in [4.69, 9.17) is 14.9 Å². The lowest BCUT2D eigenvalue weighted by molar-refractivity contribution is -0.105. The van der Waals surface area contributed by atoms with Crippen LogP contribution < -0.4 is 10.1 Å². The van der Waals surface area contributed by atoms with E-state index in [1.807, 2.05) is 0 Å². The Morgan fingerprint density at radius 2 is 2.33 bits per heavy atom. The Morgan fingerprint density at radius 1 is 1.53 bits per heavy atom. The van der Waals surface area contributed by atoms with Crippen LogP contribution in [0.2, 0.25) is 0 Å². The van der Waals surface area contributed by atoms with Crippen LogP contribution in [0.3, 0.4) is 0 Å². The fraction of sp³-hybridized carbons (Fsp3) is 0.375. The standard InChI is InChI=1S/C8H11N3O4/c12-3-6(14)4-15-8-2-9-7(1-10-8)11-5-13/h1-2,5-6,12,14H,3-4H2,(H,9,11,13). The number of aliphatic hydroxyl groups is 2. The van der Waals surface area contributed by atoms with Crippen molar-refractivity contribution in [3.8, 4) is 5.88 Å². The van der Waals surface area contributed by atoms with Crippen molar-refractivity contribution >= 4 is 12.2 Å². The lowest BCUT2D eigenvalue weighted by Gasteiger charge is -2.08. The molecule has 1 unspecified atom stereocenters. The van der Waals surface area contributed by atoms with Crippen molar-refractivity contribution < 1.29 is 19.7 Å². The first-order chi connectivity index (χ1) is 7.26. The van der Waals surface area contributed by atoms with Crippen molar-refractivity contribution in [1.82, 2.24) is 9.97 Å². The molecule has 15 heavy (non-hydrogen) atoms. The third kappa shape index (κ3) is 3.88. The average molecular weight is 213 g/mol. The maximum Gasteiger partial charge on any atom is 0.232 e. The zero-order valence-electron chi connectivity index (χ0n) is 7.83. The van der Waals surface area contributed by atoms with Gasteiger partial charge in [0.1, 0.15) is 12.7 Å². The molecule has 1 rings (SSSR count). The Morgan fingerprint density at radius 3 is 2.87 bits per heavy atom. The zero-order valence-corrected chi connectivity index (χ0v) is 7.83. The summed E-state index contributed by atoms with van der Waals surface area (Å²) in [5.41, 5.74) is 0. The Hall–Kier alpha value is -1.73. The van der Waals surface area contributed by atoms with Crippen molar-refractivity contribution in [2.75, 3.05) is 18.5 Å². The molecule has 0 aliphatic heterocycles. The summed E-state index contributed by atoms with van der Waals surface area (Å²) < 4.78 is 4.99. The molecule has 0 saturated heterocycles. The number of aromatic nitrogens is 2. The van der Waals surface area contributed by atoms with Crippen molar-refractivity contribution in [3.63, 3.8) is 0 Å². The molecule has 0 spiro atoms. The van der Waals surface area contributed by atoms with Crippen molar-refractivity contribution in [2.24, 2.45) is 0 Å². The number of carbonyl (C=O) groups excluding carboxylic acids is 1. The molecule has 1 atom stereocenters. The number of hydrogen-bond donors (Lipinski definition) is 3. The minimum Gasteiger partial charge on any atom is -0.474 e. The minimum atomic E-state index is -0.945. The molecule has 0 bridgehead atoms. The highest BCUT2D eigenvalue weighted by Crippen LogP contribution is 2.06. The number of aliphatic hydroxyl groups excluding tert-OH is 2. The summed E-state index contributed by atoms with van der Waals surface area (Å²) in [5.74, 6) is 0.513. The van der Waals surface area contributed by atoms with Gasteiger partial charge in [-0.3, -0.25) is 4.79 Å². The number of anilines is 1. The van der Waals surface area contributed by atoms with Gasteiger partial charge in [-0.25, -0.2) is 9.97 Å². The maximum atomic E-state index is 10.0. The molecule has 82 valence electrons. The summed E-state index contributed by atoms with van der Waals surface area (Å²) in [6.45, 7) is -0.441. The van der Waals surface area contributed by atoms with Crippen LogP contribution in [-0.2, 0) is 4.79 Å². The monoisotopic (exact) mass is 213 g/mol. The van der Waals surface area contributed by atoms with Crippen LogP contribution in [0.15, 0.2) is 12.4 Å². The molecule has 7 nitrogen and oxygen atoms in total. The van der Waals surface area contributed by atoms with Crippen molar-refractivity contribution in [2.45, 2.75) is 6.10 Å². The highest BCUT2D eigenvalue weighted by molar-refractivity contribution is 5.67. The smallest absolute Gasteiger partial charge is 0.232 e. The van der Waals surface area contributed by atoms with Gasteiger partial charge in [0.05, 0.1) is 19.0 Å². The van der Waals surface area contributed by atoms with Gasteiger partial charge in [0.25, 0.3) is 0 Å². The third-order valence-corrected chi connectivity index (χ3v) is 1.47. The van der Waals surface area contributed by atoms with Crippen molar-refractivity contribution in [1.29, 1.82) is 0 Å².